The fraction of sp³-hybridized carbons (Fsp3) is 0.509. The third kappa shape index (κ3) is 8.00. The summed E-state index contributed by atoms with van der Waals surface area (Å²) in [6.45, 7) is 12.9. The highest BCUT2D eigenvalue weighted by Crippen LogP contribution is 2.70. The number of aldehydes is 1. The second kappa shape index (κ2) is 17.2. The van der Waals surface area contributed by atoms with Gasteiger partial charge in [0.2, 0.25) is 0 Å². The molecule has 4 aromatic rings. The molecule has 0 bridgehead atoms. The van der Waals surface area contributed by atoms with Gasteiger partial charge in [0.25, 0.3) is 0 Å². The van der Waals surface area contributed by atoms with E-state index in [0.29, 0.717) is 46.2 Å². The largest absolute Gasteiger partial charge is 0.478 e. The molecule has 1 aliphatic heterocycles. The number of hydrogen-bond donors (Lipinski definition) is 1. The van der Waals surface area contributed by atoms with Gasteiger partial charge in [-0.1, -0.05) is 84.2 Å². The van der Waals surface area contributed by atoms with Crippen molar-refractivity contribution in [1.82, 2.24) is 0 Å². The summed E-state index contributed by atoms with van der Waals surface area (Å²) in [6, 6.07) is 26.8. The molecule has 4 saturated carbocycles. The summed E-state index contributed by atoms with van der Waals surface area (Å²) in [4.78, 5) is 45.4. The van der Waals surface area contributed by atoms with Gasteiger partial charge in [0.15, 0.2) is 6.29 Å². The Hall–Kier alpha value is -4.95. The van der Waals surface area contributed by atoms with Crippen LogP contribution in [0.4, 0.5) is 0 Å². The Kier molecular flexibility index (Phi) is 11.8. The molecule has 4 fully saturated rings. The molecule has 0 spiro atoms. The lowest BCUT2D eigenvalue weighted by atomic mass is 9.42. The van der Waals surface area contributed by atoms with E-state index in [2.05, 4.69) is 58.9 Å². The van der Waals surface area contributed by atoms with Crippen LogP contribution in [0.3, 0.4) is 0 Å². The van der Waals surface area contributed by atoms with Crippen LogP contribution in [0.25, 0.3) is 0 Å². The minimum atomic E-state index is -1.15. The van der Waals surface area contributed by atoms with E-state index in [0.717, 1.165) is 53.9 Å². The van der Waals surface area contributed by atoms with E-state index < -0.39 is 11.9 Å². The predicted octanol–water partition coefficient (Wildman–Crippen LogP) is 13.8. The Morgan fingerprint density at radius 1 is 0.762 bits per heavy atom. The van der Waals surface area contributed by atoms with Crippen LogP contribution in [0.1, 0.15) is 159 Å². The van der Waals surface area contributed by atoms with E-state index in [1.54, 1.807) is 12.1 Å². The average molecular weight is 853 g/mol. The Balaban J connectivity index is 0.982. The van der Waals surface area contributed by atoms with Gasteiger partial charge in [-0.2, -0.15) is 4.89 Å². The summed E-state index contributed by atoms with van der Waals surface area (Å²) in [5, 5.41) is 9.51. The van der Waals surface area contributed by atoms with E-state index >= 15 is 0 Å². The van der Waals surface area contributed by atoms with Gasteiger partial charge in [-0.3, -0.25) is 9.68 Å². The normalized spacial score (nSPS) is 30.3. The Bertz CT molecular complexity index is 2330. The monoisotopic (exact) mass is 852 g/mol. The number of fused-ring (bicyclic) bond motifs is 6. The number of benzene rings is 4. The smallest absolute Gasteiger partial charge is 0.373 e. The molecule has 9 rings (SSSR count). The topological polar surface area (TPSA) is 108 Å². The molecular weight excluding hydrogens is 789 g/mol. The van der Waals surface area contributed by atoms with Crippen molar-refractivity contribution in [2.75, 3.05) is 0 Å². The number of aromatic carboxylic acids is 1. The average Bonchev–Trinajstić information content (AvgIpc) is 3.64. The van der Waals surface area contributed by atoms with E-state index in [1.807, 2.05) is 36.4 Å². The summed E-state index contributed by atoms with van der Waals surface area (Å²) >= 11 is 0. The molecule has 8 nitrogen and oxygen atoms in total. The molecule has 63 heavy (non-hydrogen) atoms. The molecule has 8 heteroatoms. The number of carboxylic acid groups (broad SMARTS) is 1. The van der Waals surface area contributed by atoms with Crippen LogP contribution in [0.15, 0.2) is 84.9 Å². The van der Waals surface area contributed by atoms with Crippen molar-refractivity contribution in [3.05, 3.63) is 118 Å². The molecule has 9 unspecified atom stereocenters. The zero-order valence-electron chi connectivity index (χ0n) is 37.7. The SMILES string of the molecule is CC(C)CCCC(C)C1CCC2C3CCC4CC(c5ccc(Oc6ccc(C(=O)O)c(C=O)c6)cc5)(c5ccc(Oc6ccc7c(c6)C(=O)OOC7)cc5)CCC4(C)C3CCC12C. The van der Waals surface area contributed by atoms with Crippen LogP contribution < -0.4 is 9.47 Å². The van der Waals surface area contributed by atoms with Crippen molar-refractivity contribution in [2.24, 2.45) is 52.3 Å². The second-order valence-electron chi connectivity index (χ2n) is 20.9. The zero-order valence-corrected chi connectivity index (χ0v) is 37.7. The Morgan fingerprint density at radius 2 is 1.41 bits per heavy atom. The summed E-state index contributed by atoms with van der Waals surface area (Å²) in [5.41, 5.74) is 4.28. The van der Waals surface area contributed by atoms with Crippen molar-refractivity contribution in [3.8, 4) is 23.0 Å². The highest BCUT2D eigenvalue weighted by molar-refractivity contribution is 5.97. The molecule has 0 aromatic heterocycles. The quantitative estimate of drug-likeness (QED) is 0.105. The Morgan fingerprint density at radius 3 is 2.08 bits per heavy atom. The number of hydrogen-bond acceptors (Lipinski definition) is 7. The third-order valence-electron chi connectivity index (χ3n) is 17.3. The van der Waals surface area contributed by atoms with E-state index in [4.69, 9.17) is 19.2 Å². The van der Waals surface area contributed by atoms with Crippen molar-refractivity contribution in [2.45, 2.75) is 124 Å². The van der Waals surface area contributed by atoms with Gasteiger partial charge in [0, 0.05) is 11.0 Å². The summed E-state index contributed by atoms with van der Waals surface area (Å²) in [6.07, 6.45) is 16.1. The van der Waals surface area contributed by atoms with Gasteiger partial charge in [-0.05, 0) is 181 Å². The van der Waals surface area contributed by atoms with Crippen molar-refractivity contribution < 1.29 is 38.7 Å². The molecule has 0 amide bonds. The van der Waals surface area contributed by atoms with Gasteiger partial charge in [-0.25, -0.2) is 9.59 Å². The molecule has 0 saturated heterocycles. The van der Waals surface area contributed by atoms with Crippen molar-refractivity contribution in [3.63, 3.8) is 0 Å². The van der Waals surface area contributed by atoms with Gasteiger partial charge < -0.3 is 14.6 Å². The second-order valence-corrected chi connectivity index (χ2v) is 20.9. The fourth-order valence-electron chi connectivity index (χ4n) is 14.0. The van der Waals surface area contributed by atoms with Crippen LogP contribution in [-0.2, 0) is 21.8 Å². The molecule has 332 valence electrons. The van der Waals surface area contributed by atoms with Gasteiger partial charge in [0.05, 0.1) is 11.1 Å². The first-order valence-corrected chi connectivity index (χ1v) is 23.7. The number of carbonyl (C=O) groups is 3. The number of carbonyl (C=O) groups excluding carboxylic acids is 2. The minimum Gasteiger partial charge on any atom is -0.478 e. The molecule has 4 aromatic carbocycles. The first-order valence-electron chi connectivity index (χ1n) is 23.7. The van der Waals surface area contributed by atoms with Gasteiger partial charge >= 0.3 is 11.9 Å². The predicted molar refractivity (Wildman–Crippen MR) is 242 cm³/mol. The zero-order chi connectivity index (χ0) is 44.1. The van der Waals surface area contributed by atoms with Crippen LogP contribution in [-0.4, -0.2) is 23.3 Å². The molecule has 0 radical (unpaired) electrons. The van der Waals surface area contributed by atoms with Crippen LogP contribution in [0.2, 0.25) is 0 Å². The van der Waals surface area contributed by atoms with Crippen LogP contribution in [0, 0.1) is 52.3 Å². The van der Waals surface area contributed by atoms with E-state index in [-0.39, 0.29) is 28.6 Å². The maximum Gasteiger partial charge on any atom is 0.373 e. The molecular formula is C55H64O8. The highest BCUT2D eigenvalue weighted by Gasteiger charge is 2.62. The maximum atomic E-state index is 12.4. The first-order chi connectivity index (χ1) is 30.3. The minimum absolute atomic E-state index is 0.0522. The van der Waals surface area contributed by atoms with Gasteiger partial charge in [-0.15, -0.1) is 0 Å². The number of carboxylic acids is 1. The first kappa shape index (κ1) is 43.3. The number of rotatable bonds is 13. The summed E-state index contributed by atoms with van der Waals surface area (Å²) < 4.78 is 12.5. The third-order valence-corrected chi connectivity index (χ3v) is 17.3. The lowest BCUT2D eigenvalue weighted by Gasteiger charge is -2.63. The van der Waals surface area contributed by atoms with E-state index in [9.17, 15) is 19.5 Å². The molecule has 1 N–H and O–H groups in total. The lowest BCUT2D eigenvalue weighted by Crippen LogP contribution is -2.55. The lowest BCUT2D eigenvalue weighted by molar-refractivity contribution is -0.256. The number of ether oxygens (including phenoxy) is 2. The summed E-state index contributed by atoms with van der Waals surface area (Å²) in [7, 11) is 0. The molecule has 1 heterocycles. The maximum absolute atomic E-state index is 12.4. The Labute approximate surface area is 373 Å². The highest BCUT2D eigenvalue weighted by atomic mass is 17.2. The van der Waals surface area contributed by atoms with Gasteiger partial charge in [0.1, 0.15) is 29.6 Å². The van der Waals surface area contributed by atoms with Crippen LogP contribution in [0.5, 0.6) is 23.0 Å². The molecule has 4 aliphatic carbocycles. The fourth-order valence-corrected chi connectivity index (χ4v) is 14.0. The molecule has 5 aliphatic rings. The van der Waals surface area contributed by atoms with Crippen molar-refractivity contribution in [1.29, 1.82) is 0 Å². The van der Waals surface area contributed by atoms with Crippen molar-refractivity contribution >= 4 is 18.2 Å². The standard InChI is InChI=1S/C55H64O8/c1-34(2)7-6-8-35(3)48-23-24-49-46-21-14-40-31-55(28-27-53(40,4)50(46)25-26-54(48,49)5,38-10-16-41(17-11-38)61-43-20-22-45(51(57)58)37(29-43)32-56)39-12-18-42(19-13-39)62-44-15-9-36-33-60-63-52(59)47(36)30-44/h9-13,15-20,22,29-30,32,34-35,40,46,48-50H,6-8,14,21,23-28,31,33H2,1-5H3,(H,57,58). The summed E-state index contributed by atoms with van der Waals surface area (Å²) in [5.74, 6) is 6.07. The van der Waals surface area contributed by atoms with Crippen LogP contribution >= 0.6 is 0 Å². The molecule has 9 atom stereocenters. The van der Waals surface area contributed by atoms with E-state index in [1.165, 1.54) is 87.5 Å².